The number of esters is 1. The minimum atomic E-state index is -0.478. The highest BCUT2D eigenvalue weighted by atomic mass is 16.5. The highest BCUT2D eigenvalue weighted by Crippen LogP contribution is 2.23. The van der Waals surface area contributed by atoms with Gasteiger partial charge in [-0.15, -0.1) is 0 Å². The number of nitrogens with zero attached hydrogens (tertiary/aromatic N) is 2. The van der Waals surface area contributed by atoms with Crippen molar-refractivity contribution in [3.8, 4) is 0 Å². The van der Waals surface area contributed by atoms with E-state index in [2.05, 4.69) is 0 Å². The number of carbonyl (C=O) groups excluding carboxylic acids is 3. The third-order valence-electron chi connectivity index (χ3n) is 5.31. The molecule has 1 aromatic heterocycles. The lowest BCUT2D eigenvalue weighted by Gasteiger charge is -2.26. The van der Waals surface area contributed by atoms with Crippen molar-refractivity contribution in [3.05, 3.63) is 22.5 Å². The molecule has 1 saturated heterocycles. The van der Waals surface area contributed by atoms with Crippen LogP contribution in [0.3, 0.4) is 0 Å². The standard InChI is InChI=1S/C21H32N2O5/c1-13(2)10-18(25)23(11-16-8-7-9-28-16)12-17(24)19-14(3)20(21(26)27-6)22(5)15(19)4/h13,16H,7-12H2,1-6H3. The van der Waals surface area contributed by atoms with Crippen LogP contribution in [0, 0.1) is 19.8 Å². The molecule has 1 atom stereocenters. The van der Waals surface area contributed by atoms with E-state index in [0.29, 0.717) is 42.1 Å². The van der Waals surface area contributed by atoms with Gasteiger partial charge in [0.25, 0.3) is 0 Å². The van der Waals surface area contributed by atoms with Crippen LogP contribution in [0.15, 0.2) is 0 Å². The van der Waals surface area contributed by atoms with E-state index in [1.807, 2.05) is 13.8 Å². The van der Waals surface area contributed by atoms with Gasteiger partial charge in [0.1, 0.15) is 5.69 Å². The Hall–Kier alpha value is -2.15. The van der Waals surface area contributed by atoms with E-state index in [9.17, 15) is 14.4 Å². The summed E-state index contributed by atoms with van der Waals surface area (Å²) in [6, 6.07) is 0. The largest absolute Gasteiger partial charge is 0.464 e. The molecule has 1 fully saturated rings. The van der Waals surface area contributed by atoms with Crippen molar-refractivity contribution in [2.75, 3.05) is 26.8 Å². The highest BCUT2D eigenvalue weighted by Gasteiger charge is 2.29. The zero-order chi connectivity index (χ0) is 21.0. The predicted octanol–water partition coefficient (Wildman–Crippen LogP) is 2.66. The van der Waals surface area contributed by atoms with Gasteiger partial charge in [0, 0.05) is 37.9 Å². The molecule has 0 saturated carbocycles. The normalized spacial score (nSPS) is 16.5. The highest BCUT2D eigenvalue weighted by molar-refractivity contribution is 6.04. The molecule has 0 N–H and O–H groups in total. The van der Waals surface area contributed by atoms with Gasteiger partial charge in [-0.25, -0.2) is 4.79 Å². The van der Waals surface area contributed by atoms with Crippen LogP contribution in [0.4, 0.5) is 0 Å². The quantitative estimate of drug-likeness (QED) is 0.502. The van der Waals surface area contributed by atoms with Gasteiger partial charge in [0.05, 0.1) is 19.8 Å². The lowest BCUT2D eigenvalue weighted by Crippen LogP contribution is -2.41. The Balaban J connectivity index is 2.27. The molecule has 0 spiro atoms. The summed E-state index contributed by atoms with van der Waals surface area (Å²) < 4.78 is 12.2. The third-order valence-corrected chi connectivity index (χ3v) is 5.31. The van der Waals surface area contributed by atoms with Crippen molar-refractivity contribution >= 4 is 17.7 Å². The Kier molecular flexibility index (Phi) is 7.41. The smallest absolute Gasteiger partial charge is 0.354 e. The van der Waals surface area contributed by atoms with Crippen molar-refractivity contribution in [1.82, 2.24) is 9.47 Å². The zero-order valence-electron chi connectivity index (χ0n) is 17.8. The molecular weight excluding hydrogens is 360 g/mol. The van der Waals surface area contributed by atoms with Crippen LogP contribution in [0.5, 0.6) is 0 Å². The van der Waals surface area contributed by atoms with E-state index in [-0.39, 0.29) is 30.3 Å². The van der Waals surface area contributed by atoms with Crippen molar-refractivity contribution in [2.45, 2.75) is 53.1 Å². The Bertz CT molecular complexity index is 744. The Morgan fingerprint density at radius 3 is 2.50 bits per heavy atom. The first-order valence-corrected chi connectivity index (χ1v) is 9.84. The molecule has 0 aromatic carbocycles. The second-order valence-corrected chi connectivity index (χ2v) is 7.92. The predicted molar refractivity (Wildman–Crippen MR) is 106 cm³/mol. The first-order chi connectivity index (χ1) is 13.2. The Morgan fingerprint density at radius 2 is 1.96 bits per heavy atom. The van der Waals surface area contributed by atoms with E-state index in [1.165, 1.54) is 7.11 Å². The number of amides is 1. The van der Waals surface area contributed by atoms with Crippen LogP contribution in [0.1, 0.15) is 65.2 Å². The maximum absolute atomic E-state index is 13.1. The molecule has 28 heavy (non-hydrogen) atoms. The minimum Gasteiger partial charge on any atom is -0.464 e. The van der Waals surface area contributed by atoms with E-state index in [4.69, 9.17) is 9.47 Å². The first-order valence-electron chi connectivity index (χ1n) is 9.84. The summed E-state index contributed by atoms with van der Waals surface area (Å²) in [6.45, 7) is 8.62. The summed E-state index contributed by atoms with van der Waals surface area (Å²) in [4.78, 5) is 39.6. The molecule has 0 aliphatic carbocycles. The number of carbonyl (C=O) groups is 3. The fourth-order valence-electron chi connectivity index (χ4n) is 3.79. The van der Waals surface area contributed by atoms with E-state index in [1.54, 1.807) is 30.4 Å². The molecule has 1 aliphatic rings. The fraction of sp³-hybridized carbons (Fsp3) is 0.667. The number of aromatic nitrogens is 1. The zero-order valence-corrected chi connectivity index (χ0v) is 17.8. The fourth-order valence-corrected chi connectivity index (χ4v) is 3.79. The van der Waals surface area contributed by atoms with Gasteiger partial charge >= 0.3 is 5.97 Å². The summed E-state index contributed by atoms with van der Waals surface area (Å²) in [6.07, 6.45) is 2.24. The number of methoxy groups -OCH3 is 1. The average Bonchev–Trinajstić information content (AvgIpc) is 3.20. The lowest BCUT2D eigenvalue weighted by molar-refractivity contribution is -0.133. The monoisotopic (exact) mass is 392 g/mol. The molecule has 1 aliphatic heterocycles. The SMILES string of the molecule is COC(=O)c1c(C)c(C(=O)CN(CC2CCCO2)C(=O)CC(C)C)c(C)n1C. The van der Waals surface area contributed by atoms with Crippen molar-refractivity contribution in [3.63, 3.8) is 0 Å². The molecule has 0 bridgehead atoms. The van der Waals surface area contributed by atoms with Crippen LogP contribution < -0.4 is 0 Å². The minimum absolute atomic E-state index is 0.0162. The van der Waals surface area contributed by atoms with Crippen molar-refractivity contribution in [1.29, 1.82) is 0 Å². The maximum atomic E-state index is 13.1. The summed E-state index contributed by atoms with van der Waals surface area (Å²) in [5.41, 5.74) is 2.13. The number of hydrogen-bond acceptors (Lipinski definition) is 5. The summed E-state index contributed by atoms with van der Waals surface area (Å²) in [5, 5.41) is 0. The van der Waals surface area contributed by atoms with E-state index >= 15 is 0 Å². The lowest BCUT2D eigenvalue weighted by atomic mass is 10.0. The first kappa shape index (κ1) is 22.1. The second-order valence-electron chi connectivity index (χ2n) is 7.92. The molecule has 1 unspecified atom stereocenters. The molecule has 1 amide bonds. The molecule has 2 rings (SSSR count). The number of ketones is 1. The molecule has 2 heterocycles. The van der Waals surface area contributed by atoms with Crippen molar-refractivity contribution < 1.29 is 23.9 Å². The Labute approximate surface area is 167 Å². The number of hydrogen-bond donors (Lipinski definition) is 0. The van der Waals surface area contributed by atoms with Gasteiger partial charge in [-0.2, -0.15) is 0 Å². The second kappa shape index (κ2) is 9.37. The van der Waals surface area contributed by atoms with Gasteiger partial charge in [-0.05, 0) is 38.2 Å². The van der Waals surface area contributed by atoms with Gasteiger partial charge in [-0.3, -0.25) is 9.59 Å². The molecular formula is C21H32N2O5. The van der Waals surface area contributed by atoms with Gasteiger partial charge in [0.15, 0.2) is 5.78 Å². The van der Waals surface area contributed by atoms with Crippen LogP contribution >= 0.6 is 0 Å². The number of Topliss-reactive ketones (excluding diaryl/α,β-unsaturated/α-hetero) is 1. The number of rotatable bonds is 8. The summed E-state index contributed by atoms with van der Waals surface area (Å²) >= 11 is 0. The number of ether oxygens (including phenoxy) is 2. The molecule has 7 nitrogen and oxygen atoms in total. The van der Waals surface area contributed by atoms with Crippen LogP contribution in [-0.2, 0) is 21.3 Å². The average molecular weight is 392 g/mol. The van der Waals surface area contributed by atoms with Gasteiger partial charge in [0.2, 0.25) is 5.91 Å². The van der Waals surface area contributed by atoms with E-state index in [0.717, 1.165) is 12.8 Å². The van der Waals surface area contributed by atoms with E-state index < -0.39 is 5.97 Å². The Morgan fingerprint density at radius 1 is 1.29 bits per heavy atom. The summed E-state index contributed by atoms with van der Waals surface area (Å²) in [7, 11) is 3.05. The molecule has 7 heteroatoms. The van der Waals surface area contributed by atoms with Crippen molar-refractivity contribution in [2.24, 2.45) is 13.0 Å². The third kappa shape index (κ3) is 4.82. The molecule has 0 radical (unpaired) electrons. The van der Waals surface area contributed by atoms with Crippen LogP contribution in [0.2, 0.25) is 0 Å². The summed E-state index contributed by atoms with van der Waals surface area (Å²) in [5.74, 6) is -0.482. The van der Waals surface area contributed by atoms with Crippen LogP contribution in [0.25, 0.3) is 0 Å². The van der Waals surface area contributed by atoms with Gasteiger partial charge < -0.3 is 18.9 Å². The topological polar surface area (TPSA) is 77.8 Å². The maximum Gasteiger partial charge on any atom is 0.354 e. The van der Waals surface area contributed by atoms with Crippen LogP contribution in [-0.4, -0.2) is 60.0 Å². The van der Waals surface area contributed by atoms with Gasteiger partial charge in [-0.1, -0.05) is 13.8 Å². The molecule has 156 valence electrons. The molecule has 1 aromatic rings.